The van der Waals surface area contributed by atoms with Crippen molar-refractivity contribution in [1.29, 1.82) is 0 Å². The number of hydrogen-bond donors (Lipinski definition) is 0. The quantitative estimate of drug-likeness (QED) is 0.287. The Morgan fingerprint density at radius 2 is 1.56 bits per heavy atom. The minimum absolute atomic E-state index is 0. The van der Waals surface area contributed by atoms with E-state index >= 15 is 0 Å². The van der Waals surface area contributed by atoms with Crippen molar-refractivity contribution in [3.63, 3.8) is 0 Å². The Morgan fingerprint density at radius 1 is 1.22 bits per heavy atom. The van der Waals surface area contributed by atoms with Crippen molar-refractivity contribution in [3.05, 3.63) is 6.92 Å². The van der Waals surface area contributed by atoms with Crippen molar-refractivity contribution in [2.75, 3.05) is 0 Å². The van der Waals surface area contributed by atoms with Crippen LogP contribution < -0.4 is 17.0 Å². The molecule has 0 spiro atoms. The molecule has 48 valence electrons. The van der Waals surface area contributed by atoms with Gasteiger partial charge in [-0.3, -0.25) is 5.92 Å². The summed E-state index contributed by atoms with van der Waals surface area (Å²) in [7, 11) is -1.08. The molecule has 0 unspecified atom stereocenters. The van der Waals surface area contributed by atoms with E-state index in [-0.39, 0.29) is 36.5 Å². The Morgan fingerprint density at radius 3 is 1.56 bits per heavy atom. The Bertz CT molecular complexity index is 106. The van der Waals surface area contributed by atoms with Gasteiger partial charge in [-0.2, -0.15) is 6.92 Å². The number of rotatable bonds is 0. The third-order valence-electron chi connectivity index (χ3n) is 0.463. The minimum atomic E-state index is -1.08. The van der Waals surface area contributed by atoms with Crippen LogP contribution in [0.25, 0.3) is 0 Å². The third-order valence-corrected chi connectivity index (χ3v) is 1.39. The van der Waals surface area contributed by atoms with Gasteiger partial charge in [0.1, 0.15) is 0 Å². The molecule has 0 radical (unpaired) electrons. The molecule has 0 fully saturated rings. The van der Waals surface area contributed by atoms with Crippen LogP contribution >= 0.6 is 0 Å². The number of halogens is 1. The number of hydrogen-bond acceptors (Lipinski definition) is 0. The summed E-state index contributed by atoms with van der Waals surface area (Å²) in [6.45, 7) is 10.0. The third kappa shape index (κ3) is 17.7. The summed E-state index contributed by atoms with van der Waals surface area (Å²) in [6, 6.07) is 0. The van der Waals surface area contributed by atoms with Crippen molar-refractivity contribution >= 4 is 8.07 Å². The molecule has 0 aromatic rings. The molecule has 0 aromatic heterocycles. The molecular weight excluding hydrogens is 245 g/mol. The van der Waals surface area contributed by atoms with Crippen LogP contribution in [0, 0.1) is 18.4 Å². The van der Waals surface area contributed by atoms with Crippen LogP contribution in [0.1, 0.15) is 0 Å². The van der Waals surface area contributed by atoms with Crippen LogP contribution in [-0.2, 0) is 19.5 Å². The average molecular weight is 257 g/mol. The maximum absolute atomic E-state index is 3.44. The first kappa shape index (κ1) is 16.4. The Kier molecular flexibility index (Phi) is 12.5. The van der Waals surface area contributed by atoms with Crippen molar-refractivity contribution in [3.8, 4) is 11.5 Å². The molecule has 0 rings (SSSR count). The average Bonchev–Trinajstić information content (AvgIpc) is 1.30. The SMILES string of the molecule is [Br-].[CH2-]C#C[Si](C)(C)C.[Zn+2]. The smallest absolute Gasteiger partial charge is 1.00 e. The van der Waals surface area contributed by atoms with E-state index in [9.17, 15) is 0 Å². The molecular formula is C6H11BrSiZn. The molecule has 0 aliphatic heterocycles. The van der Waals surface area contributed by atoms with Crippen molar-refractivity contribution in [2.45, 2.75) is 19.6 Å². The van der Waals surface area contributed by atoms with Gasteiger partial charge in [0.05, 0.1) is 0 Å². The Hall–Kier alpha value is 0.750. The van der Waals surface area contributed by atoms with Crippen LogP contribution in [0.2, 0.25) is 19.6 Å². The predicted molar refractivity (Wildman–Crippen MR) is 36.5 cm³/mol. The van der Waals surface area contributed by atoms with Gasteiger partial charge in [0.25, 0.3) is 0 Å². The Labute approximate surface area is 82.3 Å². The summed E-state index contributed by atoms with van der Waals surface area (Å²) in [5.41, 5.74) is 3.06. The maximum Gasteiger partial charge on any atom is 2.00 e. The second-order valence-electron chi connectivity index (χ2n) is 2.55. The summed E-state index contributed by atoms with van der Waals surface area (Å²) >= 11 is 0. The summed E-state index contributed by atoms with van der Waals surface area (Å²) in [5.74, 6) is 2.67. The van der Waals surface area contributed by atoms with Gasteiger partial charge in [0.15, 0.2) is 0 Å². The topological polar surface area (TPSA) is 0 Å². The van der Waals surface area contributed by atoms with Gasteiger partial charge in [-0.1, -0.05) is 19.6 Å². The van der Waals surface area contributed by atoms with E-state index in [0.717, 1.165) is 0 Å². The minimum Gasteiger partial charge on any atom is -1.00 e. The van der Waals surface area contributed by atoms with Gasteiger partial charge in [-0.15, -0.1) is 0 Å². The van der Waals surface area contributed by atoms with Gasteiger partial charge < -0.3 is 22.5 Å². The first-order valence-electron chi connectivity index (χ1n) is 2.35. The van der Waals surface area contributed by atoms with Crippen LogP contribution in [-0.4, -0.2) is 8.07 Å². The fourth-order valence-electron chi connectivity index (χ4n) is 0.265. The fraction of sp³-hybridized carbons (Fsp3) is 0.500. The molecule has 0 aliphatic rings. The Balaban J connectivity index is -0.000000180. The van der Waals surface area contributed by atoms with E-state index < -0.39 is 8.07 Å². The summed E-state index contributed by atoms with van der Waals surface area (Å²) in [6.07, 6.45) is 0. The van der Waals surface area contributed by atoms with Crippen molar-refractivity contribution in [1.82, 2.24) is 0 Å². The second-order valence-corrected chi connectivity index (χ2v) is 7.30. The van der Waals surface area contributed by atoms with E-state index in [2.05, 4.69) is 38.0 Å². The van der Waals surface area contributed by atoms with Gasteiger partial charge >= 0.3 is 19.5 Å². The fourth-order valence-corrected chi connectivity index (χ4v) is 0.795. The van der Waals surface area contributed by atoms with Crippen molar-refractivity contribution < 1.29 is 36.5 Å². The second kappa shape index (κ2) is 6.86. The van der Waals surface area contributed by atoms with Gasteiger partial charge in [0.2, 0.25) is 0 Å². The largest absolute Gasteiger partial charge is 2.00 e. The van der Waals surface area contributed by atoms with E-state index in [4.69, 9.17) is 0 Å². The zero-order chi connectivity index (χ0) is 5.91. The van der Waals surface area contributed by atoms with Crippen molar-refractivity contribution in [2.24, 2.45) is 0 Å². The van der Waals surface area contributed by atoms with Crippen LogP contribution in [0.3, 0.4) is 0 Å². The molecule has 0 bridgehead atoms. The molecule has 0 heterocycles. The van der Waals surface area contributed by atoms with Crippen LogP contribution in [0.15, 0.2) is 0 Å². The molecule has 0 aromatic carbocycles. The monoisotopic (exact) mass is 254 g/mol. The van der Waals surface area contributed by atoms with Gasteiger partial charge in [-0.25, -0.2) is 0 Å². The van der Waals surface area contributed by atoms with E-state index in [1.54, 1.807) is 0 Å². The van der Waals surface area contributed by atoms with Gasteiger partial charge in [-0.05, 0) is 0 Å². The molecule has 0 saturated carbocycles. The summed E-state index contributed by atoms with van der Waals surface area (Å²) < 4.78 is 0. The van der Waals surface area contributed by atoms with E-state index in [1.807, 2.05) is 0 Å². The maximum atomic E-state index is 3.44. The molecule has 9 heavy (non-hydrogen) atoms. The summed E-state index contributed by atoms with van der Waals surface area (Å²) in [4.78, 5) is 0. The zero-order valence-electron chi connectivity index (χ0n) is 6.29. The molecule has 0 atom stereocenters. The van der Waals surface area contributed by atoms with E-state index in [0.29, 0.717) is 0 Å². The van der Waals surface area contributed by atoms with Crippen LogP contribution in [0.4, 0.5) is 0 Å². The van der Waals surface area contributed by atoms with E-state index in [1.165, 1.54) is 0 Å². The van der Waals surface area contributed by atoms with Gasteiger partial charge in [0, 0.05) is 8.07 Å². The molecule has 0 saturated heterocycles. The summed E-state index contributed by atoms with van der Waals surface area (Å²) in [5, 5.41) is 0. The molecule has 0 amide bonds. The standard InChI is InChI=1S/C6H11Si.BrH.Zn/c1-5-6-7(2,3)4;;/h1H2,2-4H3;1H;/q-1;;+2/p-1. The first-order valence-corrected chi connectivity index (χ1v) is 5.85. The molecule has 0 aliphatic carbocycles. The zero-order valence-corrected chi connectivity index (χ0v) is 11.8. The normalized spacial score (nSPS) is 7.44. The van der Waals surface area contributed by atoms with Crippen LogP contribution in [0.5, 0.6) is 0 Å². The predicted octanol–water partition coefficient (Wildman–Crippen LogP) is -1.30. The molecule has 3 heteroatoms. The first-order chi connectivity index (χ1) is 3.06. The molecule has 0 nitrogen and oxygen atoms in total. The molecule has 0 N–H and O–H groups in total.